The Balaban J connectivity index is 2.17. The first-order valence-electron chi connectivity index (χ1n) is 7.58. The first-order chi connectivity index (χ1) is 10.3. The highest BCUT2D eigenvalue weighted by Crippen LogP contribution is 2.52. The smallest absolute Gasteiger partial charge is 0.411 e. The number of aromatic amines is 1. The van der Waals surface area contributed by atoms with E-state index in [0.717, 1.165) is 28.6 Å². The summed E-state index contributed by atoms with van der Waals surface area (Å²) in [5.41, 5.74) is 3.25. The zero-order valence-corrected chi connectivity index (χ0v) is 14.0. The number of H-pyrrole nitrogens is 1. The molecule has 0 radical (unpaired) electrons. The van der Waals surface area contributed by atoms with Gasteiger partial charge in [0.2, 0.25) is 0 Å². The van der Waals surface area contributed by atoms with Crippen molar-refractivity contribution in [1.82, 2.24) is 9.88 Å². The standard InChI is InChI=1S/C17H19ClN2O2/c1-9-10-7-8-20-15(21)22-16(2,3)17(20,4)14-11(18)5-6-12(19-9)13(10)14/h5-6,19H,7-8H2,1-4H3. The molecule has 4 nitrogen and oxygen atoms in total. The number of aromatic nitrogens is 1. The number of ether oxygens (including phenoxy) is 1. The molecule has 1 unspecified atom stereocenters. The number of nitrogens with zero attached hydrogens (tertiary/aromatic N) is 1. The van der Waals surface area contributed by atoms with Gasteiger partial charge >= 0.3 is 6.09 Å². The molecular formula is C17H19ClN2O2. The molecule has 1 saturated heterocycles. The molecule has 0 spiro atoms. The number of rotatable bonds is 0. The minimum atomic E-state index is -0.644. The van der Waals surface area contributed by atoms with E-state index in [1.807, 2.05) is 30.9 Å². The maximum Gasteiger partial charge on any atom is 0.411 e. The summed E-state index contributed by atoms with van der Waals surface area (Å²) in [6, 6.07) is 3.92. The normalized spacial score (nSPS) is 26.0. The quantitative estimate of drug-likeness (QED) is 0.793. The van der Waals surface area contributed by atoms with E-state index in [-0.39, 0.29) is 6.09 Å². The van der Waals surface area contributed by atoms with Gasteiger partial charge in [-0.25, -0.2) is 4.79 Å². The Hall–Kier alpha value is -1.68. The first kappa shape index (κ1) is 13.9. The molecule has 5 heteroatoms. The molecule has 2 aromatic rings. The number of cyclic esters (lactones) is 1. The summed E-state index contributed by atoms with van der Waals surface area (Å²) in [5, 5.41) is 1.84. The van der Waals surface area contributed by atoms with Crippen LogP contribution in [-0.2, 0) is 16.7 Å². The van der Waals surface area contributed by atoms with Gasteiger partial charge in [0.25, 0.3) is 0 Å². The van der Waals surface area contributed by atoms with Crippen LogP contribution in [0.2, 0.25) is 5.02 Å². The van der Waals surface area contributed by atoms with Crippen LogP contribution in [0.15, 0.2) is 12.1 Å². The molecule has 116 valence electrons. The lowest BCUT2D eigenvalue weighted by Crippen LogP contribution is -2.51. The highest BCUT2D eigenvalue weighted by Gasteiger charge is 2.60. The highest BCUT2D eigenvalue weighted by atomic mass is 35.5. The van der Waals surface area contributed by atoms with Gasteiger partial charge in [0, 0.05) is 33.7 Å². The minimum Gasteiger partial charge on any atom is -0.440 e. The molecule has 2 aliphatic rings. The lowest BCUT2D eigenvalue weighted by atomic mass is 9.76. The molecule has 1 atom stereocenters. The molecule has 1 N–H and O–H groups in total. The number of aryl methyl sites for hydroxylation is 1. The Morgan fingerprint density at radius 1 is 1.32 bits per heavy atom. The average molecular weight is 319 g/mol. The summed E-state index contributed by atoms with van der Waals surface area (Å²) in [4.78, 5) is 17.7. The zero-order valence-electron chi connectivity index (χ0n) is 13.2. The Bertz CT molecular complexity index is 824. The second kappa shape index (κ2) is 3.99. The van der Waals surface area contributed by atoms with Crippen LogP contribution in [0.4, 0.5) is 4.79 Å². The topological polar surface area (TPSA) is 45.3 Å². The number of nitrogens with one attached hydrogen (secondary N) is 1. The van der Waals surface area contributed by atoms with Gasteiger partial charge in [-0.15, -0.1) is 0 Å². The van der Waals surface area contributed by atoms with Gasteiger partial charge in [0.15, 0.2) is 0 Å². The van der Waals surface area contributed by atoms with E-state index < -0.39 is 11.1 Å². The van der Waals surface area contributed by atoms with E-state index in [2.05, 4.69) is 18.8 Å². The van der Waals surface area contributed by atoms with Crippen molar-refractivity contribution in [2.24, 2.45) is 0 Å². The SMILES string of the molecule is Cc1[nH]c2ccc(Cl)c3c2c1CCN1C(=O)OC(C)(C)C31C. The molecule has 4 rings (SSSR count). The van der Waals surface area contributed by atoms with E-state index in [4.69, 9.17) is 16.3 Å². The molecule has 1 aromatic heterocycles. The number of halogens is 1. The third-order valence-electron chi connectivity index (χ3n) is 5.58. The fraction of sp³-hybridized carbons (Fsp3) is 0.471. The molecule has 0 saturated carbocycles. The van der Waals surface area contributed by atoms with Gasteiger partial charge < -0.3 is 9.72 Å². The second-order valence-corrected chi connectivity index (χ2v) is 7.33. The fourth-order valence-electron chi connectivity index (χ4n) is 4.10. The molecule has 3 heterocycles. The van der Waals surface area contributed by atoms with Gasteiger partial charge in [-0.1, -0.05) is 11.6 Å². The number of hydrogen-bond acceptors (Lipinski definition) is 2. The number of amides is 1. The molecule has 22 heavy (non-hydrogen) atoms. The molecular weight excluding hydrogens is 300 g/mol. The zero-order chi connectivity index (χ0) is 15.9. The van der Waals surface area contributed by atoms with Crippen LogP contribution >= 0.6 is 11.6 Å². The Kier molecular flexibility index (Phi) is 2.53. The predicted octanol–water partition coefficient (Wildman–Crippen LogP) is 4.13. The van der Waals surface area contributed by atoms with Gasteiger partial charge in [0.05, 0.1) is 0 Å². The van der Waals surface area contributed by atoms with Crippen molar-refractivity contribution < 1.29 is 9.53 Å². The summed E-state index contributed by atoms with van der Waals surface area (Å²) in [6.07, 6.45) is 0.548. The average Bonchev–Trinajstić information content (AvgIpc) is 2.74. The van der Waals surface area contributed by atoms with E-state index in [9.17, 15) is 4.79 Å². The van der Waals surface area contributed by atoms with Crippen LogP contribution in [0.1, 0.15) is 37.6 Å². The minimum absolute atomic E-state index is 0.257. The van der Waals surface area contributed by atoms with Crippen LogP contribution in [-0.4, -0.2) is 28.1 Å². The lowest BCUT2D eigenvalue weighted by Gasteiger charge is -2.40. The Labute approximate surface area is 134 Å². The highest BCUT2D eigenvalue weighted by molar-refractivity contribution is 6.32. The van der Waals surface area contributed by atoms with Crippen molar-refractivity contribution in [1.29, 1.82) is 0 Å². The summed E-state index contributed by atoms with van der Waals surface area (Å²) in [5.74, 6) is 0. The predicted molar refractivity (Wildman–Crippen MR) is 86.4 cm³/mol. The van der Waals surface area contributed by atoms with Gasteiger partial charge in [0.1, 0.15) is 11.1 Å². The second-order valence-electron chi connectivity index (χ2n) is 6.93. The van der Waals surface area contributed by atoms with Crippen molar-refractivity contribution in [2.75, 3.05) is 6.54 Å². The fourth-order valence-corrected chi connectivity index (χ4v) is 4.44. The number of carbonyl (C=O) groups excluding carboxylic acids is 1. The van der Waals surface area contributed by atoms with Crippen molar-refractivity contribution >= 4 is 28.6 Å². The van der Waals surface area contributed by atoms with Crippen molar-refractivity contribution in [3.8, 4) is 0 Å². The Morgan fingerprint density at radius 3 is 2.77 bits per heavy atom. The summed E-state index contributed by atoms with van der Waals surface area (Å²) < 4.78 is 5.68. The van der Waals surface area contributed by atoms with Crippen LogP contribution in [0, 0.1) is 6.92 Å². The van der Waals surface area contributed by atoms with E-state index in [1.165, 1.54) is 5.56 Å². The van der Waals surface area contributed by atoms with Crippen LogP contribution in [0.3, 0.4) is 0 Å². The molecule has 1 aromatic carbocycles. The van der Waals surface area contributed by atoms with Crippen LogP contribution in [0.5, 0.6) is 0 Å². The van der Waals surface area contributed by atoms with Crippen molar-refractivity contribution in [2.45, 2.75) is 45.3 Å². The third kappa shape index (κ3) is 1.42. The molecule has 0 bridgehead atoms. The molecule has 1 fully saturated rings. The van der Waals surface area contributed by atoms with Crippen LogP contribution < -0.4 is 0 Å². The largest absolute Gasteiger partial charge is 0.440 e. The Morgan fingerprint density at radius 2 is 2.05 bits per heavy atom. The van der Waals surface area contributed by atoms with Gasteiger partial charge in [-0.3, -0.25) is 4.90 Å². The summed E-state index contributed by atoms with van der Waals surface area (Å²) in [6.45, 7) is 8.71. The van der Waals surface area contributed by atoms with E-state index >= 15 is 0 Å². The van der Waals surface area contributed by atoms with Gasteiger partial charge in [-0.2, -0.15) is 0 Å². The molecule has 2 aliphatic heterocycles. The lowest BCUT2D eigenvalue weighted by molar-refractivity contribution is 0.0242. The first-order valence-corrected chi connectivity index (χ1v) is 7.96. The summed E-state index contributed by atoms with van der Waals surface area (Å²) >= 11 is 6.61. The number of fused-ring (bicyclic) bond motifs is 2. The van der Waals surface area contributed by atoms with Crippen molar-refractivity contribution in [3.05, 3.63) is 34.0 Å². The monoisotopic (exact) mass is 318 g/mol. The molecule has 1 amide bonds. The number of hydrogen-bond donors (Lipinski definition) is 1. The van der Waals surface area contributed by atoms with Crippen LogP contribution in [0.25, 0.3) is 10.9 Å². The number of benzene rings is 1. The number of carbonyl (C=O) groups is 1. The van der Waals surface area contributed by atoms with E-state index in [0.29, 0.717) is 11.6 Å². The van der Waals surface area contributed by atoms with E-state index in [1.54, 1.807) is 0 Å². The third-order valence-corrected chi connectivity index (χ3v) is 5.89. The molecule has 0 aliphatic carbocycles. The van der Waals surface area contributed by atoms with Gasteiger partial charge in [-0.05, 0) is 51.8 Å². The maximum atomic E-state index is 12.4. The van der Waals surface area contributed by atoms with Crippen molar-refractivity contribution in [3.63, 3.8) is 0 Å². The maximum absolute atomic E-state index is 12.4. The summed E-state index contributed by atoms with van der Waals surface area (Å²) in [7, 11) is 0.